The largest absolute Gasteiger partial charge is 1.00 e. The number of carboxylic acids is 2. The standard InChI is InChI=1S/C22H39NO5.Na.H/c1-2-3-4-5-6-7-8-9-10-11-12-13-14-15-16-17-20(24)23-19(22(27)28)18-21(25)26;;/h9-10,19H,2-8,11-18H2,1H3,(H,23,24)(H,25,26)(H,27,28);;/q;+1;-1/b10-9-;;/t19-;;/m0../s1. The summed E-state index contributed by atoms with van der Waals surface area (Å²) in [5.74, 6) is -2.96. The topological polar surface area (TPSA) is 104 Å². The van der Waals surface area contributed by atoms with Gasteiger partial charge in [0.25, 0.3) is 0 Å². The van der Waals surface area contributed by atoms with E-state index in [0.717, 1.165) is 32.1 Å². The van der Waals surface area contributed by atoms with Gasteiger partial charge in [-0.3, -0.25) is 9.59 Å². The van der Waals surface area contributed by atoms with Crippen molar-refractivity contribution >= 4 is 17.8 Å². The summed E-state index contributed by atoms with van der Waals surface area (Å²) in [4.78, 5) is 33.2. The number of carbonyl (C=O) groups excluding carboxylic acids is 1. The van der Waals surface area contributed by atoms with Crippen molar-refractivity contribution in [3.8, 4) is 0 Å². The van der Waals surface area contributed by atoms with Crippen molar-refractivity contribution in [2.24, 2.45) is 0 Å². The Hall–Kier alpha value is -0.850. The van der Waals surface area contributed by atoms with Gasteiger partial charge in [0.1, 0.15) is 6.04 Å². The number of nitrogens with one attached hydrogen (secondary N) is 1. The summed E-state index contributed by atoms with van der Waals surface area (Å²) in [5, 5.41) is 19.8. The zero-order chi connectivity index (χ0) is 21.0. The number of amides is 1. The SMILES string of the molecule is CCCCCCCC/C=C\CCCCCCCC(=O)N[C@@H](CC(=O)O)C(=O)O.[H-].[Na+]. The maximum Gasteiger partial charge on any atom is 1.00 e. The van der Waals surface area contributed by atoms with Crippen LogP contribution in [0.5, 0.6) is 0 Å². The maximum atomic E-state index is 11.7. The molecule has 0 fully saturated rings. The first kappa shape index (κ1) is 30.3. The minimum Gasteiger partial charge on any atom is -1.00 e. The summed E-state index contributed by atoms with van der Waals surface area (Å²) in [7, 11) is 0. The molecule has 0 radical (unpaired) electrons. The summed E-state index contributed by atoms with van der Waals surface area (Å²) in [6, 6.07) is -1.35. The van der Waals surface area contributed by atoms with Crippen LogP contribution in [0, 0.1) is 0 Å². The van der Waals surface area contributed by atoms with E-state index in [2.05, 4.69) is 24.4 Å². The van der Waals surface area contributed by atoms with Crippen LogP contribution in [0.25, 0.3) is 0 Å². The third kappa shape index (κ3) is 21.7. The Bertz CT molecular complexity index is 474. The van der Waals surface area contributed by atoms with E-state index in [-0.39, 0.29) is 37.4 Å². The maximum absolute atomic E-state index is 11.7. The van der Waals surface area contributed by atoms with Gasteiger partial charge < -0.3 is 17.0 Å². The molecule has 0 aliphatic heterocycles. The van der Waals surface area contributed by atoms with Crippen molar-refractivity contribution < 1.29 is 55.6 Å². The molecule has 0 bridgehead atoms. The molecule has 1 amide bonds. The van der Waals surface area contributed by atoms with E-state index in [1.54, 1.807) is 0 Å². The average Bonchev–Trinajstić information content (AvgIpc) is 2.64. The Balaban J connectivity index is -0.00000364. The van der Waals surface area contributed by atoms with Crippen molar-refractivity contribution in [1.82, 2.24) is 5.32 Å². The molecule has 0 saturated carbocycles. The molecule has 1 atom stereocenters. The van der Waals surface area contributed by atoms with Gasteiger partial charge in [-0.15, -0.1) is 0 Å². The molecule has 0 spiro atoms. The molecule has 0 aliphatic rings. The fourth-order valence-electron chi connectivity index (χ4n) is 3.00. The van der Waals surface area contributed by atoms with E-state index < -0.39 is 30.3 Å². The second-order valence-electron chi connectivity index (χ2n) is 7.39. The van der Waals surface area contributed by atoms with Crippen LogP contribution in [0.2, 0.25) is 0 Å². The monoisotopic (exact) mass is 421 g/mol. The third-order valence-electron chi connectivity index (χ3n) is 4.68. The first-order chi connectivity index (χ1) is 13.5. The molecule has 0 rings (SSSR count). The predicted molar refractivity (Wildman–Crippen MR) is 112 cm³/mol. The van der Waals surface area contributed by atoms with Crippen molar-refractivity contribution in [3.63, 3.8) is 0 Å². The predicted octanol–water partition coefficient (Wildman–Crippen LogP) is 2.18. The quantitative estimate of drug-likeness (QED) is 0.168. The van der Waals surface area contributed by atoms with Gasteiger partial charge in [-0.25, -0.2) is 4.79 Å². The van der Waals surface area contributed by atoms with E-state index in [4.69, 9.17) is 10.2 Å². The first-order valence-electron chi connectivity index (χ1n) is 10.9. The molecule has 6 nitrogen and oxygen atoms in total. The van der Waals surface area contributed by atoms with Gasteiger partial charge in [-0.1, -0.05) is 70.4 Å². The van der Waals surface area contributed by atoms with Gasteiger partial charge in [0.15, 0.2) is 0 Å². The Morgan fingerprint density at radius 1 is 0.828 bits per heavy atom. The molecule has 164 valence electrons. The minimum absolute atomic E-state index is 0. The Kier molecular flexibility index (Phi) is 22.9. The van der Waals surface area contributed by atoms with Crippen LogP contribution in [-0.4, -0.2) is 34.1 Å². The zero-order valence-corrected chi connectivity index (χ0v) is 20.5. The van der Waals surface area contributed by atoms with Gasteiger partial charge in [0.05, 0.1) is 6.42 Å². The first-order valence-corrected chi connectivity index (χ1v) is 10.9. The molecule has 0 aliphatic carbocycles. The van der Waals surface area contributed by atoms with E-state index >= 15 is 0 Å². The number of rotatable bonds is 19. The number of carbonyl (C=O) groups is 3. The number of allylic oxidation sites excluding steroid dienone is 2. The zero-order valence-electron chi connectivity index (χ0n) is 19.5. The number of carboxylic acid groups (broad SMARTS) is 2. The van der Waals surface area contributed by atoms with Crippen LogP contribution in [-0.2, 0) is 14.4 Å². The fourth-order valence-corrected chi connectivity index (χ4v) is 3.00. The molecule has 0 aromatic rings. The summed E-state index contributed by atoms with van der Waals surface area (Å²) < 4.78 is 0. The molecule has 29 heavy (non-hydrogen) atoms. The average molecular weight is 422 g/mol. The Morgan fingerprint density at radius 2 is 1.31 bits per heavy atom. The smallest absolute Gasteiger partial charge is 1.00 e. The van der Waals surface area contributed by atoms with Crippen LogP contribution in [0.1, 0.15) is 105 Å². The van der Waals surface area contributed by atoms with E-state index in [1.807, 2.05) is 0 Å². The van der Waals surface area contributed by atoms with Gasteiger partial charge in [0, 0.05) is 6.42 Å². The van der Waals surface area contributed by atoms with Crippen LogP contribution >= 0.6 is 0 Å². The van der Waals surface area contributed by atoms with Gasteiger partial charge in [0.2, 0.25) is 5.91 Å². The molecule has 0 heterocycles. The van der Waals surface area contributed by atoms with Crippen molar-refractivity contribution in [1.29, 1.82) is 0 Å². The van der Waals surface area contributed by atoms with E-state index in [9.17, 15) is 14.4 Å². The number of hydrogen-bond donors (Lipinski definition) is 3. The van der Waals surface area contributed by atoms with Crippen molar-refractivity contribution in [3.05, 3.63) is 12.2 Å². The molecule has 3 N–H and O–H groups in total. The normalized spacial score (nSPS) is 11.8. The second-order valence-corrected chi connectivity index (χ2v) is 7.39. The van der Waals surface area contributed by atoms with Gasteiger partial charge in [-0.05, 0) is 32.1 Å². The number of aliphatic carboxylic acids is 2. The molecule has 7 heteroatoms. The van der Waals surface area contributed by atoms with Crippen LogP contribution in [0.15, 0.2) is 12.2 Å². The summed E-state index contributed by atoms with van der Waals surface area (Å²) in [5.41, 5.74) is 0. The van der Waals surface area contributed by atoms with E-state index in [1.165, 1.54) is 44.9 Å². The van der Waals surface area contributed by atoms with Gasteiger partial charge in [-0.2, -0.15) is 0 Å². The van der Waals surface area contributed by atoms with E-state index in [0.29, 0.717) is 6.42 Å². The summed E-state index contributed by atoms with van der Waals surface area (Å²) in [6.07, 6.45) is 19.4. The third-order valence-corrected chi connectivity index (χ3v) is 4.68. The molecular formula is C22H40NNaO5. The molecular weight excluding hydrogens is 381 g/mol. The van der Waals surface area contributed by atoms with Crippen LogP contribution in [0.3, 0.4) is 0 Å². The number of hydrogen-bond acceptors (Lipinski definition) is 3. The van der Waals surface area contributed by atoms with Crippen molar-refractivity contribution in [2.75, 3.05) is 0 Å². The molecule has 0 unspecified atom stereocenters. The summed E-state index contributed by atoms with van der Waals surface area (Å²) in [6.45, 7) is 2.24. The van der Waals surface area contributed by atoms with Gasteiger partial charge >= 0.3 is 41.5 Å². The molecule has 0 aromatic heterocycles. The minimum atomic E-state index is -1.35. The summed E-state index contributed by atoms with van der Waals surface area (Å²) >= 11 is 0. The van der Waals surface area contributed by atoms with Crippen LogP contribution < -0.4 is 34.9 Å². The fraction of sp³-hybridized carbons (Fsp3) is 0.773. The van der Waals surface area contributed by atoms with Crippen molar-refractivity contribution in [2.45, 2.75) is 109 Å². The molecule has 0 saturated heterocycles. The second kappa shape index (κ2) is 21.8. The Labute approximate surface area is 199 Å². The number of unbranched alkanes of at least 4 members (excludes halogenated alkanes) is 11. The Morgan fingerprint density at radius 3 is 1.79 bits per heavy atom. The van der Waals surface area contributed by atoms with Crippen LogP contribution in [0.4, 0.5) is 0 Å². The molecule has 0 aromatic carbocycles.